The van der Waals surface area contributed by atoms with Crippen LogP contribution in [0.2, 0.25) is 0 Å². The summed E-state index contributed by atoms with van der Waals surface area (Å²) in [5, 5.41) is 15.8. The Morgan fingerprint density at radius 2 is 0.895 bits per heavy atom. The summed E-state index contributed by atoms with van der Waals surface area (Å²) < 4.78 is 111. The molecule has 0 radical (unpaired) electrons. The van der Waals surface area contributed by atoms with E-state index < -0.39 is 49.5 Å². The fourth-order valence-electron chi connectivity index (χ4n) is 1.03. The highest BCUT2D eigenvalue weighted by Crippen LogP contribution is 2.29. The number of rotatable bonds is 7. The van der Waals surface area contributed by atoms with Crippen LogP contribution in [-0.4, -0.2) is 59.7 Å². The smallest absolute Gasteiger partial charge is 0.338 e. The Kier molecular flexibility index (Phi) is 6.39. The maximum Gasteiger partial charge on any atom is 0.350 e. The van der Waals surface area contributed by atoms with Crippen molar-refractivity contribution in [2.45, 2.75) is 49.5 Å². The second kappa shape index (κ2) is 6.64. The first-order valence-electron chi connectivity index (χ1n) is 4.67. The molecule has 0 fully saturated rings. The maximum atomic E-state index is 12.8. The van der Waals surface area contributed by atoms with Crippen LogP contribution in [0.15, 0.2) is 0 Å². The molecule has 11 heteroatoms. The molecule has 0 aliphatic heterocycles. The number of hydrogen-bond donors (Lipinski definition) is 2. The zero-order valence-electron chi connectivity index (χ0n) is 8.84. The van der Waals surface area contributed by atoms with Crippen LogP contribution in [0.25, 0.3) is 0 Å². The standard InChI is InChI=1S/C8H9F9O2/c9-1(3(11)5(13)7(15)16)2(10)4(12)6(14)8(17,18)19/h1-7,18-19H. The van der Waals surface area contributed by atoms with Gasteiger partial charge in [-0.1, -0.05) is 0 Å². The first-order chi connectivity index (χ1) is 8.41. The van der Waals surface area contributed by atoms with Gasteiger partial charge in [0.2, 0.25) is 6.17 Å². The first kappa shape index (κ1) is 18.3. The van der Waals surface area contributed by atoms with Crippen LogP contribution in [0.3, 0.4) is 0 Å². The number of hydrogen-bond acceptors (Lipinski definition) is 2. The van der Waals surface area contributed by atoms with Crippen molar-refractivity contribution in [1.82, 2.24) is 0 Å². The van der Waals surface area contributed by atoms with E-state index in [1.165, 1.54) is 0 Å². The Labute approximate surface area is 100 Å². The van der Waals surface area contributed by atoms with E-state index in [0.717, 1.165) is 0 Å². The van der Waals surface area contributed by atoms with Gasteiger partial charge >= 0.3 is 6.04 Å². The SMILES string of the molecule is OC(O)(F)C(F)C(F)C(F)C(F)C(F)C(F)C(F)F. The molecule has 0 aromatic carbocycles. The van der Waals surface area contributed by atoms with Crippen molar-refractivity contribution in [1.29, 1.82) is 0 Å². The Bertz CT molecular complexity index is 271. The van der Waals surface area contributed by atoms with E-state index in [0.29, 0.717) is 0 Å². The van der Waals surface area contributed by atoms with Gasteiger partial charge in [0.1, 0.15) is 0 Å². The molecule has 6 unspecified atom stereocenters. The zero-order valence-corrected chi connectivity index (χ0v) is 8.84. The molecule has 0 bridgehead atoms. The van der Waals surface area contributed by atoms with Gasteiger partial charge in [-0.15, -0.1) is 0 Å². The molecule has 0 aromatic heterocycles. The third-order valence-electron chi connectivity index (χ3n) is 2.09. The third kappa shape index (κ3) is 4.71. The quantitative estimate of drug-likeness (QED) is 0.557. The predicted molar refractivity (Wildman–Crippen MR) is 43.7 cm³/mol. The average Bonchev–Trinajstić information content (AvgIpc) is 2.31. The Hall–Kier alpha value is -0.710. The van der Waals surface area contributed by atoms with Gasteiger partial charge < -0.3 is 10.2 Å². The molecular weight excluding hydrogens is 299 g/mol. The van der Waals surface area contributed by atoms with Crippen molar-refractivity contribution in [3.8, 4) is 0 Å². The summed E-state index contributed by atoms with van der Waals surface area (Å²) >= 11 is 0. The van der Waals surface area contributed by atoms with E-state index in [1.807, 2.05) is 0 Å². The minimum atomic E-state index is -4.90. The van der Waals surface area contributed by atoms with Gasteiger partial charge in [0.05, 0.1) is 0 Å². The lowest BCUT2D eigenvalue weighted by Gasteiger charge is -2.26. The molecule has 19 heavy (non-hydrogen) atoms. The number of alkyl halides is 9. The summed E-state index contributed by atoms with van der Waals surface area (Å²) in [5.74, 6) is 0. The van der Waals surface area contributed by atoms with E-state index in [9.17, 15) is 39.5 Å². The normalized spacial score (nSPS) is 22.7. The topological polar surface area (TPSA) is 40.5 Å². The summed E-state index contributed by atoms with van der Waals surface area (Å²) in [4.78, 5) is 0. The van der Waals surface area contributed by atoms with Crippen LogP contribution in [0.5, 0.6) is 0 Å². The van der Waals surface area contributed by atoms with Gasteiger partial charge in [-0.05, 0) is 0 Å². The van der Waals surface area contributed by atoms with Crippen LogP contribution in [-0.2, 0) is 0 Å². The molecule has 0 saturated heterocycles. The molecule has 0 amide bonds. The summed E-state index contributed by atoms with van der Waals surface area (Å²) in [6.45, 7) is 0. The molecule has 2 N–H and O–H groups in total. The molecule has 2 nitrogen and oxygen atoms in total. The highest BCUT2D eigenvalue weighted by atomic mass is 19.3. The van der Waals surface area contributed by atoms with Gasteiger partial charge in [0.15, 0.2) is 30.9 Å². The fraction of sp³-hybridized carbons (Fsp3) is 1.00. The van der Waals surface area contributed by atoms with Crippen LogP contribution >= 0.6 is 0 Å². The second-order valence-electron chi connectivity index (χ2n) is 3.59. The van der Waals surface area contributed by atoms with E-state index >= 15 is 0 Å². The first-order valence-corrected chi connectivity index (χ1v) is 4.67. The average molecular weight is 308 g/mol. The predicted octanol–water partition coefficient (Wildman–Crippen LogP) is 1.89. The molecule has 6 atom stereocenters. The summed E-state index contributed by atoms with van der Waals surface area (Å²) in [5.41, 5.74) is 0. The summed E-state index contributed by atoms with van der Waals surface area (Å²) in [6.07, 6.45) is -27.5. The van der Waals surface area contributed by atoms with Crippen molar-refractivity contribution in [3.63, 3.8) is 0 Å². The van der Waals surface area contributed by atoms with Crippen LogP contribution in [0.4, 0.5) is 39.5 Å². The van der Waals surface area contributed by atoms with Crippen molar-refractivity contribution < 1.29 is 49.7 Å². The summed E-state index contributed by atoms with van der Waals surface area (Å²) in [7, 11) is 0. The molecule has 0 heterocycles. The van der Waals surface area contributed by atoms with Crippen molar-refractivity contribution >= 4 is 0 Å². The van der Waals surface area contributed by atoms with Crippen LogP contribution in [0.1, 0.15) is 0 Å². The number of halogens is 9. The Morgan fingerprint density at radius 3 is 1.21 bits per heavy atom. The minimum Gasteiger partial charge on any atom is -0.338 e. The highest BCUT2D eigenvalue weighted by Gasteiger charge is 2.51. The second-order valence-corrected chi connectivity index (χ2v) is 3.59. The molecule has 116 valence electrons. The highest BCUT2D eigenvalue weighted by molar-refractivity contribution is 4.91. The summed E-state index contributed by atoms with van der Waals surface area (Å²) in [6, 6.07) is -4.90. The van der Waals surface area contributed by atoms with Crippen molar-refractivity contribution in [3.05, 3.63) is 0 Å². The Morgan fingerprint density at radius 1 is 0.579 bits per heavy atom. The lowest BCUT2D eigenvalue weighted by molar-refractivity contribution is -0.307. The zero-order chi connectivity index (χ0) is 15.5. The molecular formula is C8H9F9O2. The van der Waals surface area contributed by atoms with Crippen molar-refractivity contribution in [2.24, 2.45) is 0 Å². The van der Waals surface area contributed by atoms with E-state index in [2.05, 4.69) is 0 Å². The lowest BCUT2D eigenvalue weighted by Crippen LogP contribution is -2.50. The lowest BCUT2D eigenvalue weighted by atomic mass is 10.0. The molecule has 0 spiro atoms. The largest absolute Gasteiger partial charge is 0.350 e. The molecule has 0 aliphatic rings. The minimum absolute atomic E-state index is 3.81. The van der Waals surface area contributed by atoms with Gasteiger partial charge in [-0.25, -0.2) is 35.1 Å². The Balaban J connectivity index is 4.77. The molecule has 0 saturated carbocycles. The third-order valence-corrected chi connectivity index (χ3v) is 2.09. The molecule has 0 aromatic rings. The van der Waals surface area contributed by atoms with Crippen LogP contribution < -0.4 is 0 Å². The van der Waals surface area contributed by atoms with Crippen molar-refractivity contribution in [2.75, 3.05) is 0 Å². The van der Waals surface area contributed by atoms with Gasteiger partial charge in [0.25, 0.3) is 6.43 Å². The van der Waals surface area contributed by atoms with E-state index in [-0.39, 0.29) is 0 Å². The monoisotopic (exact) mass is 308 g/mol. The molecule has 0 rings (SSSR count). The van der Waals surface area contributed by atoms with E-state index in [1.54, 1.807) is 0 Å². The number of aliphatic hydroxyl groups is 2. The van der Waals surface area contributed by atoms with Crippen LogP contribution in [0, 0.1) is 0 Å². The fourth-order valence-corrected chi connectivity index (χ4v) is 1.03. The van der Waals surface area contributed by atoms with E-state index in [4.69, 9.17) is 10.2 Å². The van der Waals surface area contributed by atoms with Gasteiger partial charge in [-0.3, -0.25) is 0 Å². The van der Waals surface area contributed by atoms with Gasteiger partial charge in [-0.2, -0.15) is 4.39 Å². The molecule has 0 aliphatic carbocycles. The van der Waals surface area contributed by atoms with Gasteiger partial charge in [0, 0.05) is 0 Å². The maximum absolute atomic E-state index is 12.8.